The molecule has 2 heterocycles. The van der Waals surface area contributed by atoms with Crippen molar-refractivity contribution in [3.05, 3.63) is 34.9 Å². The summed E-state index contributed by atoms with van der Waals surface area (Å²) in [5.74, 6) is 0. The second-order valence-corrected chi connectivity index (χ2v) is 6.96. The van der Waals surface area contributed by atoms with Crippen molar-refractivity contribution in [3.8, 4) is 0 Å². The van der Waals surface area contributed by atoms with Crippen molar-refractivity contribution in [2.75, 3.05) is 5.73 Å². The average Bonchev–Trinajstić information content (AvgIpc) is 2.81. The third-order valence-electron chi connectivity index (χ3n) is 2.41. The van der Waals surface area contributed by atoms with Crippen molar-refractivity contribution >= 4 is 27.0 Å². The lowest BCUT2D eigenvalue weighted by atomic mass is 10.1. The first-order chi connectivity index (χ1) is 8.83. The third kappa shape index (κ3) is 2.91. The number of nitrogens with two attached hydrogens (primary N) is 1. The fourth-order valence-corrected chi connectivity index (χ4v) is 3.81. The van der Waals surface area contributed by atoms with Crippen LogP contribution in [0.5, 0.6) is 0 Å². The summed E-state index contributed by atoms with van der Waals surface area (Å²) in [6, 6.07) is 3.08. The predicted octanol–water partition coefficient (Wildman–Crippen LogP) is 1.33. The molecule has 0 amide bonds. The number of sulfonamides is 1. The second-order valence-electron chi connectivity index (χ2n) is 4.47. The number of pyridine rings is 1. The minimum atomic E-state index is -3.79. The molecule has 0 unspecified atom stereocenters. The smallest absolute Gasteiger partial charge is 0.261 e. The van der Waals surface area contributed by atoms with Gasteiger partial charge in [-0.05, 0) is 26.0 Å². The van der Waals surface area contributed by atoms with E-state index in [1.165, 1.54) is 23.6 Å². The van der Waals surface area contributed by atoms with Crippen LogP contribution in [0.2, 0.25) is 0 Å². The van der Waals surface area contributed by atoms with Gasteiger partial charge in [-0.3, -0.25) is 0 Å². The predicted molar refractivity (Wildman–Crippen MR) is 74.1 cm³/mol. The Hall–Kier alpha value is -1.51. The van der Waals surface area contributed by atoms with Crippen molar-refractivity contribution in [1.82, 2.24) is 14.7 Å². The molecule has 0 saturated carbocycles. The Balaban J connectivity index is 2.35. The van der Waals surface area contributed by atoms with Crippen LogP contribution in [0.4, 0.5) is 5.69 Å². The molecule has 19 heavy (non-hydrogen) atoms. The summed E-state index contributed by atoms with van der Waals surface area (Å²) in [5, 5.41) is 2.30. The first-order valence-corrected chi connectivity index (χ1v) is 7.84. The largest absolute Gasteiger partial charge is 0.396 e. The van der Waals surface area contributed by atoms with Gasteiger partial charge in [0.15, 0.2) is 5.03 Å². The molecule has 8 heteroatoms. The molecular formula is C11H14N4O2S2. The Bertz CT molecular complexity index is 666. The molecule has 2 aromatic heterocycles. The maximum Gasteiger partial charge on any atom is 0.261 e. The van der Waals surface area contributed by atoms with Gasteiger partial charge in [0.05, 0.1) is 11.2 Å². The molecular weight excluding hydrogens is 284 g/mol. The van der Waals surface area contributed by atoms with Crippen molar-refractivity contribution in [1.29, 1.82) is 0 Å². The lowest BCUT2D eigenvalue weighted by Crippen LogP contribution is -2.41. The Labute approximate surface area is 115 Å². The lowest BCUT2D eigenvalue weighted by Gasteiger charge is -2.23. The standard InChI is InChI=1S/C11H14N4O2S2/c1-11(2,10-14-6-7-18-10)15-19(16,17)9-8(12)4-3-5-13-9/h3-7,15H,12H2,1-2H3. The Kier molecular flexibility index (Phi) is 3.57. The number of hydrogen-bond donors (Lipinski definition) is 2. The number of nitrogen functional groups attached to an aromatic ring is 1. The highest BCUT2D eigenvalue weighted by Crippen LogP contribution is 2.25. The SMILES string of the molecule is CC(C)(NS(=O)(=O)c1ncccc1N)c1nccs1. The topological polar surface area (TPSA) is 98.0 Å². The summed E-state index contributed by atoms with van der Waals surface area (Å²) >= 11 is 1.38. The van der Waals surface area contributed by atoms with Gasteiger partial charge in [0, 0.05) is 17.8 Å². The Morgan fingerprint density at radius 2 is 2.05 bits per heavy atom. The molecule has 0 spiro atoms. The molecule has 0 atom stereocenters. The molecule has 3 N–H and O–H groups in total. The average molecular weight is 298 g/mol. The molecule has 0 aliphatic rings. The van der Waals surface area contributed by atoms with Gasteiger partial charge in [-0.15, -0.1) is 11.3 Å². The summed E-state index contributed by atoms with van der Waals surface area (Å²) in [6.45, 7) is 3.48. The first-order valence-electron chi connectivity index (χ1n) is 5.47. The molecule has 2 rings (SSSR count). The summed E-state index contributed by atoms with van der Waals surface area (Å²) in [4.78, 5) is 7.95. The fraction of sp³-hybridized carbons (Fsp3) is 0.273. The van der Waals surface area contributed by atoms with E-state index in [-0.39, 0.29) is 10.7 Å². The Morgan fingerprint density at radius 3 is 2.63 bits per heavy atom. The molecule has 0 saturated heterocycles. The highest BCUT2D eigenvalue weighted by Gasteiger charge is 2.31. The van der Waals surface area contributed by atoms with Gasteiger partial charge in [-0.2, -0.15) is 4.72 Å². The van der Waals surface area contributed by atoms with E-state index in [2.05, 4.69) is 14.7 Å². The Morgan fingerprint density at radius 1 is 1.32 bits per heavy atom. The number of thiazole rings is 1. The highest BCUT2D eigenvalue weighted by molar-refractivity contribution is 7.89. The van der Waals surface area contributed by atoms with Gasteiger partial charge >= 0.3 is 0 Å². The van der Waals surface area contributed by atoms with Crippen LogP contribution >= 0.6 is 11.3 Å². The molecule has 0 radical (unpaired) electrons. The van der Waals surface area contributed by atoms with Crippen molar-refractivity contribution in [3.63, 3.8) is 0 Å². The van der Waals surface area contributed by atoms with E-state index in [9.17, 15) is 8.42 Å². The van der Waals surface area contributed by atoms with E-state index in [1.807, 2.05) is 0 Å². The van der Waals surface area contributed by atoms with Gasteiger partial charge in [-0.25, -0.2) is 18.4 Å². The maximum atomic E-state index is 12.3. The maximum absolute atomic E-state index is 12.3. The van der Waals surface area contributed by atoms with Crippen LogP contribution in [-0.2, 0) is 15.6 Å². The van der Waals surface area contributed by atoms with E-state index in [0.29, 0.717) is 5.01 Å². The number of rotatable bonds is 4. The van der Waals surface area contributed by atoms with Gasteiger partial charge < -0.3 is 5.73 Å². The zero-order valence-electron chi connectivity index (χ0n) is 10.5. The van der Waals surface area contributed by atoms with Crippen LogP contribution in [0.15, 0.2) is 34.9 Å². The fourth-order valence-electron chi connectivity index (χ4n) is 1.59. The van der Waals surface area contributed by atoms with E-state index in [0.717, 1.165) is 0 Å². The van der Waals surface area contributed by atoms with E-state index < -0.39 is 15.6 Å². The summed E-state index contributed by atoms with van der Waals surface area (Å²) in [5.41, 5.74) is 4.94. The van der Waals surface area contributed by atoms with Crippen molar-refractivity contribution in [2.24, 2.45) is 0 Å². The molecule has 102 valence electrons. The van der Waals surface area contributed by atoms with E-state index in [1.54, 1.807) is 31.5 Å². The van der Waals surface area contributed by atoms with Crippen LogP contribution in [0, 0.1) is 0 Å². The minimum Gasteiger partial charge on any atom is -0.396 e. The molecule has 0 fully saturated rings. The number of hydrogen-bond acceptors (Lipinski definition) is 6. The third-order valence-corrected chi connectivity index (χ3v) is 5.14. The number of nitrogens with zero attached hydrogens (tertiary/aromatic N) is 2. The van der Waals surface area contributed by atoms with Gasteiger partial charge in [0.2, 0.25) is 0 Å². The number of anilines is 1. The van der Waals surface area contributed by atoms with E-state index in [4.69, 9.17) is 5.73 Å². The van der Waals surface area contributed by atoms with Gasteiger partial charge in [0.1, 0.15) is 5.01 Å². The normalized spacial score (nSPS) is 12.5. The molecule has 2 aromatic rings. The molecule has 0 aliphatic heterocycles. The summed E-state index contributed by atoms with van der Waals surface area (Å²) < 4.78 is 27.1. The van der Waals surface area contributed by atoms with Crippen LogP contribution in [0.1, 0.15) is 18.9 Å². The van der Waals surface area contributed by atoms with E-state index >= 15 is 0 Å². The minimum absolute atomic E-state index is 0.116. The summed E-state index contributed by atoms with van der Waals surface area (Å²) in [6.07, 6.45) is 3.02. The van der Waals surface area contributed by atoms with Crippen molar-refractivity contribution in [2.45, 2.75) is 24.4 Å². The van der Waals surface area contributed by atoms with Crippen LogP contribution in [0.3, 0.4) is 0 Å². The molecule has 0 aliphatic carbocycles. The van der Waals surface area contributed by atoms with Gasteiger partial charge in [-0.1, -0.05) is 0 Å². The van der Waals surface area contributed by atoms with Gasteiger partial charge in [0.25, 0.3) is 10.0 Å². The molecule has 6 nitrogen and oxygen atoms in total. The quantitative estimate of drug-likeness (QED) is 0.887. The molecule has 0 aromatic carbocycles. The van der Waals surface area contributed by atoms with Crippen LogP contribution in [0.25, 0.3) is 0 Å². The second kappa shape index (κ2) is 4.87. The van der Waals surface area contributed by atoms with Crippen molar-refractivity contribution < 1.29 is 8.42 Å². The first kappa shape index (κ1) is 13.9. The monoisotopic (exact) mass is 298 g/mol. The zero-order chi connectivity index (χ0) is 14.1. The zero-order valence-corrected chi connectivity index (χ0v) is 12.1. The number of aromatic nitrogens is 2. The molecule has 0 bridgehead atoms. The van der Waals surface area contributed by atoms with Crippen LogP contribution < -0.4 is 10.5 Å². The highest BCUT2D eigenvalue weighted by atomic mass is 32.2. The van der Waals surface area contributed by atoms with Crippen LogP contribution in [-0.4, -0.2) is 18.4 Å². The lowest BCUT2D eigenvalue weighted by molar-refractivity contribution is 0.468. The number of nitrogens with one attached hydrogen (secondary N) is 1. The summed E-state index contributed by atoms with van der Waals surface area (Å²) in [7, 11) is -3.79.